The predicted octanol–water partition coefficient (Wildman–Crippen LogP) is 6.46. The first-order valence-electron chi connectivity index (χ1n) is 11.2. The summed E-state index contributed by atoms with van der Waals surface area (Å²) in [6.45, 7) is 2.09. The van der Waals surface area contributed by atoms with Gasteiger partial charge in [0.25, 0.3) is 0 Å². The zero-order valence-electron chi connectivity index (χ0n) is 18.0. The molecule has 6 rings (SSSR count). The topological polar surface area (TPSA) is 56.9 Å². The van der Waals surface area contributed by atoms with Crippen LogP contribution in [0.15, 0.2) is 90.3 Å². The standard InChI is InChI=1S/C28H25N3O/c1-17-10-12-18(13-11-17)19-14-25-27(26(32)15-19)28(31-24-9-5-4-8-23(24)30-25)21-16-29-22-7-3-2-6-20(21)22/h2-13,16,19,28-31H,14-15H2,1H3/t19-,28+/m0/s1. The van der Waals surface area contributed by atoms with Crippen LogP contribution in [0.5, 0.6) is 0 Å². The number of ketones is 1. The normalized spacial score (nSPS) is 20.2. The SMILES string of the molecule is Cc1ccc([C@@H]2CC(=O)C3=C(C2)Nc2ccccc2N[C@@H]3c2c[nH]c3ccccc23)cc1. The monoisotopic (exact) mass is 419 g/mol. The Morgan fingerprint density at radius 3 is 2.44 bits per heavy atom. The van der Waals surface area contributed by atoms with E-state index in [2.05, 4.69) is 71.1 Å². The van der Waals surface area contributed by atoms with Crippen molar-refractivity contribution in [3.63, 3.8) is 0 Å². The molecule has 0 bridgehead atoms. The Morgan fingerprint density at radius 2 is 1.59 bits per heavy atom. The molecule has 0 radical (unpaired) electrons. The number of aryl methyl sites for hydroxylation is 1. The van der Waals surface area contributed by atoms with Gasteiger partial charge in [-0.2, -0.15) is 0 Å². The van der Waals surface area contributed by atoms with E-state index < -0.39 is 0 Å². The minimum Gasteiger partial charge on any atom is -0.372 e. The van der Waals surface area contributed by atoms with Gasteiger partial charge in [-0.15, -0.1) is 0 Å². The molecule has 32 heavy (non-hydrogen) atoms. The van der Waals surface area contributed by atoms with Crippen LogP contribution in [0.1, 0.15) is 41.5 Å². The number of allylic oxidation sites excluding steroid dienone is 1. The van der Waals surface area contributed by atoms with Crippen LogP contribution in [-0.2, 0) is 4.79 Å². The van der Waals surface area contributed by atoms with Crippen LogP contribution in [0, 0.1) is 6.92 Å². The first-order valence-corrected chi connectivity index (χ1v) is 11.2. The number of rotatable bonds is 2. The average molecular weight is 420 g/mol. The van der Waals surface area contributed by atoms with Gasteiger partial charge in [-0.05, 0) is 43.0 Å². The highest BCUT2D eigenvalue weighted by atomic mass is 16.1. The fraction of sp³-hybridized carbons (Fsp3) is 0.179. The minimum atomic E-state index is -0.205. The second-order valence-corrected chi connectivity index (χ2v) is 8.87. The fourth-order valence-corrected chi connectivity index (χ4v) is 5.13. The van der Waals surface area contributed by atoms with Crippen LogP contribution in [0.25, 0.3) is 10.9 Å². The van der Waals surface area contributed by atoms with Crippen molar-refractivity contribution in [3.05, 3.63) is 107 Å². The van der Waals surface area contributed by atoms with Crippen molar-refractivity contribution in [2.75, 3.05) is 10.6 Å². The first kappa shape index (κ1) is 18.9. The number of para-hydroxylation sites is 3. The molecule has 1 aliphatic heterocycles. The van der Waals surface area contributed by atoms with Crippen molar-refractivity contribution in [1.82, 2.24) is 4.98 Å². The van der Waals surface area contributed by atoms with E-state index in [-0.39, 0.29) is 17.7 Å². The van der Waals surface area contributed by atoms with E-state index in [0.29, 0.717) is 6.42 Å². The zero-order valence-corrected chi connectivity index (χ0v) is 18.0. The third kappa shape index (κ3) is 3.11. The lowest BCUT2D eigenvalue weighted by Crippen LogP contribution is -2.26. The fourth-order valence-electron chi connectivity index (χ4n) is 5.13. The molecule has 0 saturated heterocycles. The smallest absolute Gasteiger partial charge is 0.163 e. The number of Topliss-reactive ketones (excluding diaryl/α,β-unsaturated/α-hetero) is 1. The molecule has 3 aromatic carbocycles. The number of benzene rings is 3. The number of H-pyrrole nitrogens is 1. The number of hydrogen-bond donors (Lipinski definition) is 3. The Labute approximate surface area is 187 Å². The highest BCUT2D eigenvalue weighted by Crippen LogP contribution is 2.45. The molecule has 1 aromatic heterocycles. The van der Waals surface area contributed by atoms with E-state index >= 15 is 0 Å². The molecule has 0 spiro atoms. The van der Waals surface area contributed by atoms with Crippen molar-refractivity contribution < 1.29 is 4.79 Å². The molecule has 1 aliphatic carbocycles. The molecular weight excluding hydrogens is 394 g/mol. The largest absolute Gasteiger partial charge is 0.372 e. The Balaban J connectivity index is 1.49. The van der Waals surface area contributed by atoms with Crippen molar-refractivity contribution >= 4 is 28.1 Å². The quantitative estimate of drug-likeness (QED) is 0.350. The van der Waals surface area contributed by atoms with Crippen LogP contribution in [-0.4, -0.2) is 10.8 Å². The summed E-state index contributed by atoms with van der Waals surface area (Å²) >= 11 is 0. The number of carbonyl (C=O) groups excluding carboxylic acids is 1. The maximum Gasteiger partial charge on any atom is 0.163 e. The van der Waals surface area contributed by atoms with Crippen molar-refractivity contribution in [2.24, 2.45) is 0 Å². The molecule has 0 amide bonds. The number of aromatic amines is 1. The summed E-state index contributed by atoms with van der Waals surface area (Å²) in [5.74, 6) is 0.392. The second-order valence-electron chi connectivity index (χ2n) is 8.87. The second kappa shape index (κ2) is 7.41. The molecule has 3 N–H and O–H groups in total. The highest BCUT2D eigenvalue weighted by Gasteiger charge is 2.36. The Hall–Kier alpha value is -3.79. The van der Waals surface area contributed by atoms with E-state index in [1.807, 2.05) is 30.5 Å². The summed E-state index contributed by atoms with van der Waals surface area (Å²) in [5, 5.41) is 8.46. The van der Waals surface area contributed by atoms with Gasteiger partial charge in [0.05, 0.1) is 17.4 Å². The minimum absolute atomic E-state index is 0.184. The van der Waals surface area contributed by atoms with E-state index in [0.717, 1.165) is 45.5 Å². The third-order valence-electron chi connectivity index (χ3n) is 6.79. The summed E-state index contributed by atoms with van der Waals surface area (Å²) in [6.07, 6.45) is 3.39. The molecule has 0 fully saturated rings. The van der Waals surface area contributed by atoms with Crippen molar-refractivity contribution in [3.8, 4) is 0 Å². The van der Waals surface area contributed by atoms with Gasteiger partial charge in [0.2, 0.25) is 0 Å². The number of fused-ring (bicyclic) bond motifs is 2. The Morgan fingerprint density at radius 1 is 0.844 bits per heavy atom. The van der Waals surface area contributed by atoms with Crippen LogP contribution < -0.4 is 10.6 Å². The molecule has 4 aromatic rings. The van der Waals surface area contributed by atoms with E-state index in [4.69, 9.17) is 0 Å². The molecule has 4 heteroatoms. The molecule has 0 unspecified atom stereocenters. The van der Waals surface area contributed by atoms with Crippen LogP contribution in [0.4, 0.5) is 11.4 Å². The number of nitrogens with one attached hydrogen (secondary N) is 3. The Bertz CT molecular complexity index is 1360. The molecule has 2 aliphatic rings. The summed E-state index contributed by atoms with van der Waals surface area (Å²) in [5.41, 5.74) is 8.56. The van der Waals surface area contributed by atoms with Gasteiger partial charge < -0.3 is 15.6 Å². The van der Waals surface area contributed by atoms with E-state index in [9.17, 15) is 4.79 Å². The molecule has 2 atom stereocenters. The molecular formula is C28H25N3O. The molecule has 0 saturated carbocycles. The molecule has 2 heterocycles. The third-order valence-corrected chi connectivity index (χ3v) is 6.79. The van der Waals surface area contributed by atoms with Crippen LogP contribution >= 0.6 is 0 Å². The average Bonchev–Trinajstić information content (AvgIpc) is 3.15. The van der Waals surface area contributed by atoms with Gasteiger partial charge in [-0.1, -0.05) is 60.2 Å². The maximum absolute atomic E-state index is 13.7. The van der Waals surface area contributed by atoms with Crippen molar-refractivity contribution in [1.29, 1.82) is 0 Å². The highest BCUT2D eigenvalue weighted by molar-refractivity contribution is 6.02. The summed E-state index contributed by atoms with van der Waals surface area (Å²) in [4.78, 5) is 17.1. The van der Waals surface area contributed by atoms with Gasteiger partial charge in [-0.25, -0.2) is 0 Å². The predicted molar refractivity (Wildman–Crippen MR) is 130 cm³/mol. The molecule has 4 nitrogen and oxygen atoms in total. The van der Waals surface area contributed by atoms with Crippen molar-refractivity contribution in [2.45, 2.75) is 31.7 Å². The summed E-state index contributed by atoms with van der Waals surface area (Å²) < 4.78 is 0. The summed E-state index contributed by atoms with van der Waals surface area (Å²) in [7, 11) is 0. The lowest BCUT2D eigenvalue weighted by molar-refractivity contribution is -0.116. The van der Waals surface area contributed by atoms with Gasteiger partial charge >= 0.3 is 0 Å². The lowest BCUT2D eigenvalue weighted by Gasteiger charge is -2.29. The Kier molecular flexibility index (Phi) is 4.39. The molecule has 158 valence electrons. The first-order chi connectivity index (χ1) is 15.7. The summed E-state index contributed by atoms with van der Waals surface area (Å²) in [6, 6.07) is 24.9. The lowest BCUT2D eigenvalue weighted by atomic mass is 9.78. The van der Waals surface area contributed by atoms with Crippen LogP contribution in [0.2, 0.25) is 0 Å². The number of anilines is 2. The van der Waals surface area contributed by atoms with Gasteiger partial charge in [0, 0.05) is 40.4 Å². The van der Waals surface area contributed by atoms with E-state index in [1.165, 1.54) is 11.1 Å². The van der Waals surface area contributed by atoms with Gasteiger partial charge in [-0.3, -0.25) is 4.79 Å². The zero-order chi connectivity index (χ0) is 21.7. The number of hydrogen-bond acceptors (Lipinski definition) is 3. The van der Waals surface area contributed by atoms with Crippen LogP contribution in [0.3, 0.4) is 0 Å². The maximum atomic E-state index is 13.7. The van der Waals surface area contributed by atoms with Gasteiger partial charge in [0.15, 0.2) is 5.78 Å². The van der Waals surface area contributed by atoms with E-state index in [1.54, 1.807) is 0 Å². The number of aromatic nitrogens is 1. The number of carbonyl (C=O) groups is 1. The van der Waals surface area contributed by atoms with Gasteiger partial charge in [0.1, 0.15) is 0 Å².